The van der Waals surface area contributed by atoms with Crippen molar-refractivity contribution in [3.8, 4) is 0 Å². The lowest BCUT2D eigenvalue weighted by atomic mass is 10.2. The van der Waals surface area contributed by atoms with E-state index in [4.69, 9.17) is 0 Å². The van der Waals surface area contributed by atoms with Gasteiger partial charge in [0.2, 0.25) is 0 Å². The van der Waals surface area contributed by atoms with Gasteiger partial charge in [-0.2, -0.15) is 0 Å². The molecule has 4 heteroatoms. The van der Waals surface area contributed by atoms with Gasteiger partial charge in [0.1, 0.15) is 2.65 Å². The summed E-state index contributed by atoms with van der Waals surface area (Å²) in [5, 5.41) is 0. The van der Waals surface area contributed by atoms with Crippen LogP contribution in [0.4, 0.5) is 0 Å². The van der Waals surface area contributed by atoms with Crippen molar-refractivity contribution < 1.29 is 0 Å². The first kappa shape index (κ1) is 14.7. The molecule has 0 aliphatic rings. The van der Waals surface area contributed by atoms with Crippen LogP contribution in [0.15, 0.2) is 0 Å². The Balaban J connectivity index is 0. The third kappa shape index (κ3) is 32.0. The fourth-order valence-electron chi connectivity index (χ4n) is 0.218. The molecule has 0 saturated carbocycles. The van der Waals surface area contributed by atoms with Gasteiger partial charge in [-0.3, -0.25) is 0 Å². The predicted molar refractivity (Wildman–Crippen MR) is 68.9 cm³/mol. The molecule has 0 nitrogen and oxygen atoms in total. The number of hydrogen-bond donors (Lipinski definition) is 0. The standard InChI is InChI=1S/C5H11I.CHBr3/c1-5(2)3-4-6;2-1(3)4/h5H,3-4H2,1-2H3;1H. The van der Waals surface area contributed by atoms with Gasteiger partial charge in [-0.05, 0) is 16.8 Å². The monoisotopic (exact) mass is 448 g/mol. The van der Waals surface area contributed by atoms with Gasteiger partial charge in [-0.25, -0.2) is 0 Å². The molecule has 0 radical (unpaired) electrons. The first-order valence-electron chi connectivity index (χ1n) is 2.98. The van der Waals surface area contributed by atoms with Gasteiger partial charge in [0.15, 0.2) is 0 Å². The van der Waals surface area contributed by atoms with Gasteiger partial charge < -0.3 is 0 Å². The van der Waals surface area contributed by atoms with Crippen molar-refractivity contribution in [1.82, 2.24) is 0 Å². The van der Waals surface area contributed by atoms with Gasteiger partial charge >= 0.3 is 0 Å². The third-order valence-corrected chi connectivity index (χ3v) is 1.31. The zero-order chi connectivity index (χ0) is 8.57. The summed E-state index contributed by atoms with van der Waals surface area (Å²) in [6, 6.07) is 0. The Kier molecular flexibility index (Phi) is 16.4. The Hall–Kier alpha value is 2.17. The Morgan fingerprint density at radius 1 is 1.20 bits per heavy atom. The average molecular weight is 451 g/mol. The van der Waals surface area contributed by atoms with Crippen LogP contribution < -0.4 is 0 Å². The van der Waals surface area contributed by atoms with Crippen molar-refractivity contribution >= 4 is 70.4 Å². The molecule has 0 aromatic rings. The quantitative estimate of drug-likeness (QED) is 0.414. The summed E-state index contributed by atoms with van der Waals surface area (Å²) in [7, 11) is 0. The van der Waals surface area contributed by atoms with E-state index in [1.807, 2.05) is 0 Å². The van der Waals surface area contributed by atoms with Crippen LogP contribution in [0.25, 0.3) is 0 Å². The second-order valence-electron chi connectivity index (χ2n) is 2.12. The number of hydrogen-bond acceptors (Lipinski definition) is 0. The molecule has 0 aliphatic heterocycles. The number of halogens is 4. The molecule has 0 unspecified atom stereocenters. The highest BCUT2D eigenvalue weighted by Crippen LogP contribution is 2.13. The Morgan fingerprint density at radius 2 is 1.50 bits per heavy atom. The molecule has 0 saturated heterocycles. The summed E-state index contributed by atoms with van der Waals surface area (Å²) in [5.41, 5.74) is 0. The molecule has 0 N–H and O–H groups in total. The van der Waals surface area contributed by atoms with Gasteiger partial charge in [0, 0.05) is 0 Å². The Morgan fingerprint density at radius 3 is 1.50 bits per heavy atom. The van der Waals surface area contributed by atoms with Crippen LogP contribution >= 0.6 is 70.4 Å². The van der Waals surface area contributed by atoms with Gasteiger partial charge in [-0.1, -0.05) is 84.2 Å². The minimum Gasteiger partial charge on any atom is -0.0864 e. The predicted octanol–water partition coefficient (Wildman–Crippen LogP) is 4.92. The summed E-state index contributed by atoms with van der Waals surface area (Å²) in [4.78, 5) is 0. The summed E-state index contributed by atoms with van der Waals surface area (Å²) in [5.74, 6) is 0.891. The summed E-state index contributed by atoms with van der Waals surface area (Å²) in [6.45, 7) is 4.50. The summed E-state index contributed by atoms with van der Waals surface area (Å²) in [6.07, 6.45) is 1.36. The highest BCUT2D eigenvalue weighted by Gasteiger charge is 1.86. The van der Waals surface area contributed by atoms with Crippen molar-refractivity contribution in [2.75, 3.05) is 4.43 Å². The van der Waals surface area contributed by atoms with E-state index in [1.165, 1.54) is 10.8 Å². The van der Waals surface area contributed by atoms with Crippen LogP contribution in [0, 0.1) is 5.92 Å². The van der Waals surface area contributed by atoms with E-state index in [2.05, 4.69) is 84.2 Å². The third-order valence-electron chi connectivity index (χ3n) is 0.686. The zero-order valence-electron chi connectivity index (χ0n) is 6.08. The Labute approximate surface area is 102 Å². The largest absolute Gasteiger partial charge is 0.124 e. The Bertz CT molecular complexity index is 54.2. The first-order valence-corrected chi connectivity index (χ1v) is 7.26. The van der Waals surface area contributed by atoms with E-state index in [-0.39, 0.29) is 2.65 Å². The van der Waals surface area contributed by atoms with E-state index in [9.17, 15) is 0 Å². The molecule has 0 atom stereocenters. The highest BCUT2D eigenvalue weighted by atomic mass is 127. The SMILES string of the molecule is BrC(Br)Br.CC(C)CCI. The summed E-state index contributed by atoms with van der Waals surface area (Å²) < 4.78 is 1.57. The van der Waals surface area contributed by atoms with Crippen molar-refractivity contribution in [2.24, 2.45) is 5.92 Å². The van der Waals surface area contributed by atoms with E-state index in [0.29, 0.717) is 0 Å². The normalized spacial score (nSPS) is 9.60. The molecule has 0 aliphatic carbocycles. The molecule has 64 valence electrons. The molecule has 0 bridgehead atoms. The second kappa shape index (κ2) is 11.2. The lowest BCUT2D eigenvalue weighted by molar-refractivity contribution is 0.637. The fourth-order valence-corrected chi connectivity index (χ4v) is 1.46. The maximum atomic E-state index is 3.10. The van der Waals surface area contributed by atoms with E-state index in [0.717, 1.165) is 5.92 Å². The smallest absolute Gasteiger partial charge is 0.0864 e. The van der Waals surface area contributed by atoms with Gasteiger partial charge in [0.05, 0.1) is 0 Å². The lowest BCUT2D eigenvalue weighted by Crippen LogP contribution is -1.84. The van der Waals surface area contributed by atoms with Crippen molar-refractivity contribution in [3.63, 3.8) is 0 Å². The summed E-state index contributed by atoms with van der Waals surface area (Å²) >= 11 is 11.7. The van der Waals surface area contributed by atoms with E-state index in [1.54, 1.807) is 0 Å². The first-order chi connectivity index (χ1) is 4.50. The fraction of sp³-hybridized carbons (Fsp3) is 1.00. The molecule has 0 heterocycles. The van der Waals surface area contributed by atoms with E-state index < -0.39 is 0 Å². The van der Waals surface area contributed by atoms with Gasteiger partial charge in [0.25, 0.3) is 0 Å². The maximum Gasteiger partial charge on any atom is 0.124 e. The van der Waals surface area contributed by atoms with Crippen LogP contribution in [0.5, 0.6) is 0 Å². The van der Waals surface area contributed by atoms with E-state index >= 15 is 0 Å². The van der Waals surface area contributed by atoms with Crippen LogP contribution in [0.3, 0.4) is 0 Å². The molecule has 0 spiro atoms. The lowest BCUT2D eigenvalue weighted by Gasteiger charge is -1.94. The molecule has 0 amide bonds. The molecule has 0 aromatic carbocycles. The topological polar surface area (TPSA) is 0 Å². The minimum absolute atomic E-state index is 0.271. The van der Waals surface area contributed by atoms with Crippen LogP contribution in [0.2, 0.25) is 0 Å². The zero-order valence-corrected chi connectivity index (χ0v) is 13.0. The van der Waals surface area contributed by atoms with Crippen LogP contribution in [-0.4, -0.2) is 7.07 Å². The van der Waals surface area contributed by atoms with Crippen molar-refractivity contribution in [1.29, 1.82) is 0 Å². The molecule has 0 rings (SSSR count). The van der Waals surface area contributed by atoms with Crippen molar-refractivity contribution in [2.45, 2.75) is 22.9 Å². The number of rotatable bonds is 2. The highest BCUT2D eigenvalue weighted by molar-refractivity contribution is 14.1. The van der Waals surface area contributed by atoms with Crippen molar-refractivity contribution in [3.05, 3.63) is 0 Å². The number of alkyl halides is 4. The second-order valence-corrected chi connectivity index (χ2v) is 9.63. The molecule has 10 heavy (non-hydrogen) atoms. The maximum absolute atomic E-state index is 3.10. The van der Waals surface area contributed by atoms with Crippen LogP contribution in [-0.2, 0) is 0 Å². The average Bonchev–Trinajstić information content (AvgIpc) is 1.62. The minimum atomic E-state index is 0.271. The molecule has 0 aromatic heterocycles. The molecular weight excluding hydrogens is 439 g/mol. The molecular formula is C6H12Br3I. The van der Waals surface area contributed by atoms with Gasteiger partial charge in [-0.15, -0.1) is 0 Å². The van der Waals surface area contributed by atoms with Crippen LogP contribution in [0.1, 0.15) is 20.3 Å². The molecule has 0 fully saturated rings.